The van der Waals surface area contributed by atoms with Crippen molar-refractivity contribution in [3.05, 3.63) is 53.1 Å². The zero-order valence-corrected chi connectivity index (χ0v) is 18.1. The fourth-order valence-electron chi connectivity index (χ4n) is 4.40. The molecule has 1 amide bonds. The smallest absolute Gasteiger partial charge is 0.235 e. The minimum atomic E-state index is -4.02. The second-order valence-corrected chi connectivity index (χ2v) is 10.0. The average molecular weight is 461 g/mol. The molecule has 2 aromatic rings. The summed E-state index contributed by atoms with van der Waals surface area (Å²) >= 11 is 0. The van der Waals surface area contributed by atoms with Gasteiger partial charge in [0.05, 0.1) is 17.0 Å². The number of halogens is 2. The molecule has 0 atom stereocenters. The van der Waals surface area contributed by atoms with E-state index in [1.165, 1.54) is 0 Å². The Kier molecular flexibility index (Phi) is 5.65. The van der Waals surface area contributed by atoms with Gasteiger partial charge in [-0.3, -0.25) is 9.69 Å². The lowest BCUT2D eigenvalue weighted by Gasteiger charge is -2.37. The average Bonchev–Trinajstić information content (AvgIpc) is 2.98. The number of carbonyl (C=O) groups excluding carboxylic acids is 1. The Balaban J connectivity index is 1.37. The van der Waals surface area contributed by atoms with Gasteiger partial charge in [0.2, 0.25) is 5.91 Å². The van der Waals surface area contributed by atoms with E-state index in [0.29, 0.717) is 38.0 Å². The molecule has 1 saturated heterocycles. The molecular formula is C22H21F2N3O4S. The molecule has 2 aliphatic heterocycles. The lowest BCUT2D eigenvalue weighted by molar-refractivity contribution is -0.122. The van der Waals surface area contributed by atoms with Crippen LogP contribution in [0.15, 0.2) is 35.2 Å². The Morgan fingerprint density at radius 1 is 1.19 bits per heavy atom. The first-order valence-corrected chi connectivity index (χ1v) is 11.9. The molecule has 0 saturated carbocycles. The number of amides is 1. The fourth-order valence-corrected chi connectivity index (χ4v) is 5.23. The fraction of sp³-hybridized carbons (Fsp3) is 0.364. The number of ether oxygens (including phenoxy) is 1. The highest BCUT2D eigenvalue weighted by Gasteiger charge is 2.48. The Hall–Kier alpha value is -3.03. The van der Waals surface area contributed by atoms with E-state index in [0.717, 1.165) is 29.6 Å². The molecule has 2 aliphatic rings. The van der Waals surface area contributed by atoms with Gasteiger partial charge in [-0.2, -0.15) is 5.26 Å². The molecule has 7 nitrogen and oxygen atoms in total. The third kappa shape index (κ3) is 3.94. The van der Waals surface area contributed by atoms with Gasteiger partial charge in [-0.15, -0.1) is 0 Å². The number of likely N-dealkylation sites (tertiary alicyclic amines) is 1. The van der Waals surface area contributed by atoms with E-state index < -0.39 is 31.8 Å². The maximum absolute atomic E-state index is 14.0. The van der Waals surface area contributed by atoms with Gasteiger partial charge in [0.25, 0.3) is 0 Å². The Labute approximate surface area is 184 Å². The van der Waals surface area contributed by atoms with E-state index in [9.17, 15) is 27.3 Å². The number of nitriles is 1. The van der Waals surface area contributed by atoms with Crippen LogP contribution in [0.3, 0.4) is 0 Å². The van der Waals surface area contributed by atoms with Gasteiger partial charge in [-0.25, -0.2) is 17.2 Å². The highest BCUT2D eigenvalue weighted by atomic mass is 32.2. The van der Waals surface area contributed by atoms with Gasteiger partial charge in [0.1, 0.15) is 28.9 Å². The van der Waals surface area contributed by atoms with Crippen molar-refractivity contribution in [2.45, 2.75) is 23.2 Å². The molecule has 32 heavy (non-hydrogen) atoms. The number of rotatable bonds is 5. The number of fused-ring (bicyclic) bond motifs is 2. The lowest BCUT2D eigenvalue weighted by atomic mass is 9.73. The number of piperidine rings is 1. The van der Waals surface area contributed by atoms with Crippen molar-refractivity contribution >= 4 is 21.4 Å². The predicted octanol–water partition coefficient (Wildman–Crippen LogP) is 2.60. The van der Waals surface area contributed by atoms with Gasteiger partial charge in [0, 0.05) is 30.6 Å². The number of nitrogens with one attached hydrogen (secondary N) is 1. The molecule has 1 spiro atoms. The summed E-state index contributed by atoms with van der Waals surface area (Å²) in [7, 11) is -4.02. The van der Waals surface area contributed by atoms with Crippen LogP contribution in [-0.2, 0) is 20.0 Å². The lowest BCUT2D eigenvalue weighted by Crippen LogP contribution is -2.47. The summed E-state index contributed by atoms with van der Waals surface area (Å²) in [5.74, 6) is -2.53. The zero-order chi connectivity index (χ0) is 23.1. The standard InChI is InChI=1S/C22H21F2N3O4S/c1-32(29,30)20-17(23)11-15(12-18(20)24)31-9-8-27-6-4-22(5-7-27)16-10-14(13-25)2-3-19(16)26-21(22)28/h2-3,10-12H,4-9H2,1H3,(H,26,28). The van der Waals surface area contributed by atoms with Crippen molar-refractivity contribution < 1.29 is 26.7 Å². The van der Waals surface area contributed by atoms with E-state index in [-0.39, 0.29) is 18.3 Å². The van der Waals surface area contributed by atoms with Crippen molar-refractivity contribution in [1.82, 2.24) is 4.90 Å². The van der Waals surface area contributed by atoms with Gasteiger partial charge < -0.3 is 10.1 Å². The predicted molar refractivity (Wildman–Crippen MR) is 112 cm³/mol. The van der Waals surface area contributed by atoms with Crippen molar-refractivity contribution in [3.63, 3.8) is 0 Å². The summed E-state index contributed by atoms with van der Waals surface area (Å²) in [4.78, 5) is 13.8. The summed E-state index contributed by atoms with van der Waals surface area (Å²) in [6.45, 7) is 1.84. The second-order valence-electron chi connectivity index (χ2n) is 8.09. The van der Waals surface area contributed by atoms with Crippen LogP contribution in [-0.4, -0.2) is 51.7 Å². The van der Waals surface area contributed by atoms with Crippen molar-refractivity contribution in [3.8, 4) is 11.8 Å². The third-order valence-corrected chi connectivity index (χ3v) is 7.21. The molecule has 0 bridgehead atoms. The van der Waals surface area contributed by atoms with E-state index in [1.54, 1.807) is 18.2 Å². The minimum absolute atomic E-state index is 0.0598. The SMILES string of the molecule is CS(=O)(=O)c1c(F)cc(OCCN2CCC3(CC2)C(=O)Nc2ccc(C#N)cc23)cc1F. The van der Waals surface area contributed by atoms with Gasteiger partial charge in [0.15, 0.2) is 9.84 Å². The summed E-state index contributed by atoms with van der Waals surface area (Å²) < 4.78 is 56.4. The van der Waals surface area contributed by atoms with Crippen molar-refractivity contribution in [1.29, 1.82) is 5.26 Å². The molecule has 0 aromatic heterocycles. The van der Waals surface area contributed by atoms with Crippen LogP contribution < -0.4 is 10.1 Å². The molecule has 4 rings (SSSR count). The minimum Gasteiger partial charge on any atom is -0.492 e. The molecule has 168 valence electrons. The maximum atomic E-state index is 14.0. The van der Waals surface area contributed by atoms with Gasteiger partial charge in [-0.05, 0) is 49.7 Å². The zero-order valence-electron chi connectivity index (χ0n) is 17.3. The quantitative estimate of drug-likeness (QED) is 0.735. The summed E-state index contributed by atoms with van der Waals surface area (Å²) in [6.07, 6.45) is 1.89. The third-order valence-electron chi connectivity index (χ3n) is 6.08. The van der Waals surface area contributed by atoms with E-state index in [2.05, 4.69) is 16.3 Å². The van der Waals surface area contributed by atoms with Crippen molar-refractivity contribution in [2.24, 2.45) is 0 Å². The number of hydrogen-bond donors (Lipinski definition) is 1. The van der Waals surface area contributed by atoms with E-state index >= 15 is 0 Å². The molecule has 0 radical (unpaired) electrons. The number of benzene rings is 2. The van der Waals surface area contributed by atoms with Crippen molar-refractivity contribution in [2.75, 3.05) is 37.8 Å². The van der Waals surface area contributed by atoms with E-state index in [4.69, 9.17) is 4.74 Å². The first-order valence-electron chi connectivity index (χ1n) is 10.0. The highest BCUT2D eigenvalue weighted by molar-refractivity contribution is 7.90. The normalized spacial score (nSPS) is 17.6. The monoisotopic (exact) mass is 461 g/mol. The van der Waals surface area contributed by atoms with E-state index in [1.807, 2.05) is 0 Å². The molecule has 0 aliphatic carbocycles. The largest absolute Gasteiger partial charge is 0.492 e. The Bertz CT molecular complexity index is 1210. The summed E-state index contributed by atoms with van der Waals surface area (Å²) in [5.41, 5.74) is 1.45. The van der Waals surface area contributed by atoms with Crippen LogP contribution >= 0.6 is 0 Å². The number of anilines is 1. The number of hydrogen-bond acceptors (Lipinski definition) is 6. The summed E-state index contributed by atoms with van der Waals surface area (Å²) in [5, 5.41) is 12.1. The molecule has 10 heteroatoms. The highest BCUT2D eigenvalue weighted by Crippen LogP contribution is 2.45. The Morgan fingerprint density at radius 2 is 1.84 bits per heavy atom. The molecule has 0 unspecified atom stereocenters. The van der Waals surface area contributed by atoms with Crippen LogP contribution in [0.1, 0.15) is 24.0 Å². The molecule has 1 fully saturated rings. The van der Waals surface area contributed by atoms with Crippen LogP contribution in [0.25, 0.3) is 0 Å². The van der Waals surface area contributed by atoms with Crippen LogP contribution in [0, 0.1) is 23.0 Å². The second kappa shape index (κ2) is 8.15. The number of sulfone groups is 1. The van der Waals surface area contributed by atoms with Gasteiger partial charge in [-0.1, -0.05) is 0 Å². The van der Waals surface area contributed by atoms with Crippen LogP contribution in [0.2, 0.25) is 0 Å². The van der Waals surface area contributed by atoms with Crippen LogP contribution in [0.4, 0.5) is 14.5 Å². The maximum Gasteiger partial charge on any atom is 0.235 e. The van der Waals surface area contributed by atoms with Gasteiger partial charge >= 0.3 is 0 Å². The Morgan fingerprint density at radius 3 is 2.44 bits per heavy atom. The first-order chi connectivity index (χ1) is 15.1. The number of carbonyl (C=O) groups is 1. The van der Waals surface area contributed by atoms with Crippen LogP contribution in [0.5, 0.6) is 5.75 Å². The number of nitrogens with zero attached hydrogens (tertiary/aromatic N) is 2. The first kappa shape index (κ1) is 22.2. The summed E-state index contributed by atoms with van der Waals surface area (Å²) in [6, 6.07) is 9.04. The topological polar surface area (TPSA) is 99.5 Å². The molecule has 2 aromatic carbocycles. The molecular weight excluding hydrogens is 440 g/mol. The molecule has 1 N–H and O–H groups in total. The molecule has 2 heterocycles.